The molecule has 0 saturated heterocycles. The Hall–Kier alpha value is -0.140. The highest BCUT2D eigenvalue weighted by molar-refractivity contribution is 14.1. The van der Waals surface area contributed by atoms with E-state index in [1.54, 1.807) is 12.1 Å². The summed E-state index contributed by atoms with van der Waals surface area (Å²) in [6, 6.07) is 7.12. The number of sulfonamides is 1. The summed E-state index contributed by atoms with van der Waals surface area (Å²) in [4.78, 5) is 0.373. The minimum atomic E-state index is -3.37. The Balaban J connectivity index is 2.03. The fraction of sp³-hybridized carbons (Fsp3) is 0.600. The topological polar surface area (TPSA) is 46.2 Å². The van der Waals surface area contributed by atoms with E-state index in [9.17, 15) is 8.42 Å². The Morgan fingerprint density at radius 2 is 1.40 bits per heavy atom. The molecule has 20 heavy (non-hydrogen) atoms. The van der Waals surface area contributed by atoms with Crippen LogP contribution in [0.25, 0.3) is 0 Å². The van der Waals surface area contributed by atoms with Gasteiger partial charge in [0.2, 0.25) is 10.0 Å². The van der Waals surface area contributed by atoms with Crippen molar-refractivity contribution in [2.45, 2.75) is 62.3 Å². The number of hydrogen-bond acceptors (Lipinski definition) is 2. The Morgan fingerprint density at radius 3 is 1.95 bits per heavy atom. The van der Waals surface area contributed by atoms with E-state index in [-0.39, 0.29) is 6.04 Å². The van der Waals surface area contributed by atoms with Crippen molar-refractivity contribution in [2.24, 2.45) is 0 Å². The second-order valence-corrected chi connectivity index (χ2v) is 8.43. The molecule has 1 N–H and O–H groups in total. The van der Waals surface area contributed by atoms with Crippen molar-refractivity contribution >= 4 is 32.6 Å². The average molecular weight is 407 g/mol. The van der Waals surface area contributed by atoms with Crippen LogP contribution in [0.15, 0.2) is 29.2 Å². The van der Waals surface area contributed by atoms with E-state index in [0.717, 1.165) is 29.3 Å². The SMILES string of the molecule is O=S(=O)(NC1CCCCCCCC1)c1ccc(I)cc1. The third-order valence-electron chi connectivity index (χ3n) is 3.80. The van der Waals surface area contributed by atoms with Crippen LogP contribution in [0, 0.1) is 3.57 Å². The molecule has 1 aromatic carbocycles. The first-order chi connectivity index (χ1) is 9.58. The summed E-state index contributed by atoms with van der Waals surface area (Å²) < 4.78 is 28.7. The highest BCUT2D eigenvalue weighted by atomic mass is 127. The van der Waals surface area contributed by atoms with Crippen molar-refractivity contribution in [1.29, 1.82) is 0 Å². The van der Waals surface area contributed by atoms with Crippen LogP contribution in [-0.2, 0) is 10.0 Å². The molecule has 0 aromatic heterocycles. The van der Waals surface area contributed by atoms with Crippen LogP contribution in [0.3, 0.4) is 0 Å². The van der Waals surface area contributed by atoms with E-state index < -0.39 is 10.0 Å². The lowest BCUT2D eigenvalue weighted by atomic mass is 10.1. The molecule has 0 aliphatic heterocycles. The Kier molecular flexibility index (Phi) is 6.29. The van der Waals surface area contributed by atoms with Crippen molar-refractivity contribution in [3.05, 3.63) is 27.8 Å². The molecule has 0 heterocycles. The fourth-order valence-corrected chi connectivity index (χ4v) is 4.32. The van der Waals surface area contributed by atoms with Gasteiger partial charge in [-0.2, -0.15) is 0 Å². The van der Waals surface area contributed by atoms with E-state index in [1.165, 1.54) is 25.7 Å². The lowest BCUT2D eigenvalue weighted by Crippen LogP contribution is -2.34. The van der Waals surface area contributed by atoms with Crippen LogP contribution >= 0.6 is 22.6 Å². The lowest BCUT2D eigenvalue weighted by molar-refractivity contribution is 0.482. The zero-order valence-corrected chi connectivity index (χ0v) is 14.6. The summed E-state index contributed by atoms with van der Waals surface area (Å²) in [5.41, 5.74) is 0. The van der Waals surface area contributed by atoms with Gasteiger partial charge in [-0.25, -0.2) is 13.1 Å². The summed E-state index contributed by atoms with van der Waals surface area (Å²) in [5, 5.41) is 0. The fourth-order valence-electron chi connectivity index (χ4n) is 2.65. The van der Waals surface area contributed by atoms with Crippen LogP contribution in [0.1, 0.15) is 51.4 Å². The summed E-state index contributed by atoms with van der Waals surface area (Å²) in [7, 11) is -3.37. The maximum Gasteiger partial charge on any atom is 0.240 e. The van der Waals surface area contributed by atoms with E-state index in [1.807, 2.05) is 12.1 Å². The number of halogens is 1. The molecule has 0 atom stereocenters. The highest BCUT2D eigenvalue weighted by Gasteiger charge is 2.20. The van der Waals surface area contributed by atoms with Crippen molar-refractivity contribution in [3.63, 3.8) is 0 Å². The molecule has 2 rings (SSSR count). The predicted octanol–water partition coefficient (Wildman–Crippen LogP) is 4.07. The van der Waals surface area contributed by atoms with Gasteiger partial charge in [0.25, 0.3) is 0 Å². The molecule has 112 valence electrons. The van der Waals surface area contributed by atoms with Crippen LogP contribution in [0.4, 0.5) is 0 Å². The molecule has 1 aromatic rings. The van der Waals surface area contributed by atoms with Gasteiger partial charge < -0.3 is 0 Å². The number of benzene rings is 1. The molecule has 1 fully saturated rings. The second kappa shape index (κ2) is 7.75. The van der Waals surface area contributed by atoms with E-state index in [2.05, 4.69) is 27.3 Å². The van der Waals surface area contributed by atoms with Gasteiger partial charge in [-0.1, -0.05) is 38.5 Å². The standard InChI is InChI=1S/C15H22INO2S/c16-13-9-11-15(12-10-13)20(18,19)17-14-7-5-3-1-2-4-6-8-14/h9-12,14,17H,1-8H2. The Labute approximate surface area is 135 Å². The first kappa shape index (κ1) is 16.2. The zero-order valence-electron chi connectivity index (χ0n) is 11.6. The molecule has 5 heteroatoms. The first-order valence-electron chi connectivity index (χ1n) is 7.36. The van der Waals surface area contributed by atoms with Gasteiger partial charge >= 0.3 is 0 Å². The maximum atomic E-state index is 12.4. The summed E-state index contributed by atoms with van der Waals surface area (Å²) in [5.74, 6) is 0. The van der Waals surface area contributed by atoms with E-state index >= 15 is 0 Å². The molecule has 0 spiro atoms. The smallest absolute Gasteiger partial charge is 0.208 e. The van der Waals surface area contributed by atoms with Gasteiger partial charge in [0.05, 0.1) is 4.90 Å². The second-order valence-electron chi connectivity index (χ2n) is 5.47. The third kappa shape index (κ3) is 5.00. The van der Waals surface area contributed by atoms with Crippen LogP contribution in [-0.4, -0.2) is 14.5 Å². The molecule has 1 aliphatic rings. The van der Waals surface area contributed by atoms with Crippen molar-refractivity contribution < 1.29 is 8.42 Å². The Morgan fingerprint density at radius 1 is 0.900 bits per heavy atom. The first-order valence-corrected chi connectivity index (χ1v) is 9.92. The van der Waals surface area contributed by atoms with Crippen LogP contribution in [0.2, 0.25) is 0 Å². The molecule has 0 radical (unpaired) electrons. The molecule has 0 bridgehead atoms. The van der Waals surface area contributed by atoms with Crippen LogP contribution in [0.5, 0.6) is 0 Å². The van der Waals surface area contributed by atoms with E-state index in [0.29, 0.717) is 4.90 Å². The average Bonchev–Trinajstić information content (AvgIpc) is 2.53. The molecular weight excluding hydrogens is 385 g/mol. The van der Waals surface area contributed by atoms with Crippen molar-refractivity contribution in [1.82, 2.24) is 4.72 Å². The number of rotatable bonds is 3. The summed E-state index contributed by atoms with van der Waals surface area (Å²) >= 11 is 2.18. The van der Waals surface area contributed by atoms with Gasteiger partial charge in [0, 0.05) is 9.61 Å². The molecular formula is C15H22INO2S. The van der Waals surface area contributed by atoms with Gasteiger partial charge in [0.1, 0.15) is 0 Å². The molecule has 0 unspecified atom stereocenters. The largest absolute Gasteiger partial charge is 0.240 e. The minimum Gasteiger partial charge on any atom is -0.208 e. The summed E-state index contributed by atoms with van der Waals surface area (Å²) in [6.07, 6.45) is 9.20. The molecule has 0 amide bonds. The molecule has 3 nitrogen and oxygen atoms in total. The summed E-state index contributed by atoms with van der Waals surface area (Å²) in [6.45, 7) is 0. The third-order valence-corrected chi connectivity index (χ3v) is 6.06. The minimum absolute atomic E-state index is 0.0948. The highest BCUT2D eigenvalue weighted by Crippen LogP contribution is 2.19. The number of nitrogens with one attached hydrogen (secondary N) is 1. The Bertz CT molecular complexity index is 503. The monoisotopic (exact) mass is 407 g/mol. The van der Waals surface area contributed by atoms with Crippen molar-refractivity contribution in [2.75, 3.05) is 0 Å². The number of hydrogen-bond donors (Lipinski definition) is 1. The van der Waals surface area contributed by atoms with Gasteiger partial charge in [-0.15, -0.1) is 0 Å². The lowest BCUT2D eigenvalue weighted by Gasteiger charge is -2.18. The van der Waals surface area contributed by atoms with Gasteiger partial charge in [0.15, 0.2) is 0 Å². The van der Waals surface area contributed by atoms with Gasteiger partial charge in [-0.3, -0.25) is 0 Å². The molecule has 1 aliphatic carbocycles. The van der Waals surface area contributed by atoms with Gasteiger partial charge in [-0.05, 0) is 59.7 Å². The quantitative estimate of drug-likeness (QED) is 0.768. The van der Waals surface area contributed by atoms with Crippen LogP contribution < -0.4 is 4.72 Å². The maximum absolute atomic E-state index is 12.4. The zero-order chi connectivity index (χ0) is 14.4. The predicted molar refractivity (Wildman–Crippen MR) is 90.2 cm³/mol. The normalized spacial score (nSPS) is 19.1. The van der Waals surface area contributed by atoms with E-state index in [4.69, 9.17) is 0 Å². The molecule has 1 saturated carbocycles. The van der Waals surface area contributed by atoms with Crippen molar-refractivity contribution in [3.8, 4) is 0 Å².